The fourth-order valence-electron chi connectivity index (χ4n) is 6.16. The van der Waals surface area contributed by atoms with Gasteiger partial charge in [-0.1, -0.05) is 30.3 Å². The molecular weight excluding hydrogens is 528 g/mol. The number of carbonyl (C=O) groups excluding carboxylic acids is 2. The highest BCUT2D eigenvalue weighted by Gasteiger charge is 2.38. The van der Waals surface area contributed by atoms with Crippen molar-refractivity contribution in [3.8, 4) is 16.9 Å². The molecule has 0 unspecified atom stereocenters. The van der Waals surface area contributed by atoms with Crippen LogP contribution in [0.15, 0.2) is 60.9 Å². The summed E-state index contributed by atoms with van der Waals surface area (Å²) in [5.74, 6) is 0.901. The normalized spacial score (nSPS) is 19.4. The first-order valence-corrected chi connectivity index (χ1v) is 15.3. The van der Waals surface area contributed by atoms with Crippen molar-refractivity contribution >= 4 is 17.5 Å². The molecule has 3 aliphatic rings. The number of aromatic amines is 1. The Balaban J connectivity index is 1.10. The van der Waals surface area contributed by atoms with Crippen molar-refractivity contribution < 1.29 is 14.3 Å². The van der Waals surface area contributed by atoms with Crippen LogP contribution >= 0.6 is 0 Å². The maximum atomic E-state index is 13.9. The Morgan fingerprint density at radius 3 is 2.52 bits per heavy atom. The van der Waals surface area contributed by atoms with Crippen LogP contribution in [-0.2, 0) is 16.1 Å². The topological polar surface area (TPSA) is 93.8 Å². The predicted octanol–water partition coefficient (Wildman–Crippen LogP) is 4.07. The summed E-state index contributed by atoms with van der Waals surface area (Å²) < 4.78 is 6.28. The van der Waals surface area contributed by atoms with Gasteiger partial charge in [-0.3, -0.25) is 14.7 Å². The van der Waals surface area contributed by atoms with E-state index in [4.69, 9.17) is 4.74 Å². The standard InChI is InChI=1S/C33H42N6O3/c1-33(2,32(41)37-17-14-34-15-18-37)42-30-7-3-6-29(19-30)38-16-4-5-26(23-38)31(40)39(28-12-13-28)22-24-8-10-25(11-9-24)27-20-35-36-21-27/h3,6-11,19-21,26,28,34H,4-5,12-18,22-23H2,1-2H3,(H,35,36)/t26-/m1/s1. The highest BCUT2D eigenvalue weighted by Crippen LogP contribution is 2.34. The molecule has 2 N–H and O–H groups in total. The van der Waals surface area contributed by atoms with E-state index in [1.807, 2.05) is 49.3 Å². The summed E-state index contributed by atoms with van der Waals surface area (Å²) in [6, 6.07) is 16.8. The first kappa shape index (κ1) is 28.3. The van der Waals surface area contributed by atoms with Crippen LogP contribution in [0.5, 0.6) is 5.75 Å². The number of aromatic nitrogens is 2. The zero-order chi connectivity index (χ0) is 29.1. The molecule has 2 amide bonds. The van der Waals surface area contributed by atoms with Gasteiger partial charge in [-0.2, -0.15) is 5.10 Å². The summed E-state index contributed by atoms with van der Waals surface area (Å²) in [5, 5.41) is 10.2. The van der Waals surface area contributed by atoms with Gasteiger partial charge in [-0.15, -0.1) is 0 Å². The number of H-pyrrole nitrogens is 1. The molecule has 1 aromatic heterocycles. The monoisotopic (exact) mass is 570 g/mol. The minimum atomic E-state index is -0.960. The van der Waals surface area contributed by atoms with Gasteiger partial charge in [-0.05, 0) is 62.8 Å². The van der Waals surface area contributed by atoms with Crippen molar-refractivity contribution in [2.75, 3.05) is 44.2 Å². The lowest BCUT2D eigenvalue weighted by molar-refractivity contribution is -0.146. The van der Waals surface area contributed by atoms with Gasteiger partial charge in [-0.25, -0.2) is 0 Å². The minimum Gasteiger partial charge on any atom is -0.478 e. The third kappa shape index (κ3) is 6.46. The van der Waals surface area contributed by atoms with Crippen LogP contribution in [0, 0.1) is 5.92 Å². The highest BCUT2D eigenvalue weighted by molar-refractivity contribution is 5.85. The number of ether oxygens (including phenoxy) is 1. The summed E-state index contributed by atoms with van der Waals surface area (Å²) in [6.45, 7) is 8.93. The minimum absolute atomic E-state index is 0.00863. The average Bonchev–Trinajstić information content (AvgIpc) is 3.72. The molecule has 1 saturated carbocycles. The Morgan fingerprint density at radius 2 is 1.81 bits per heavy atom. The van der Waals surface area contributed by atoms with E-state index in [2.05, 4.69) is 55.6 Å². The fourth-order valence-corrected chi connectivity index (χ4v) is 6.16. The van der Waals surface area contributed by atoms with Crippen molar-refractivity contribution in [3.63, 3.8) is 0 Å². The molecule has 9 heteroatoms. The molecule has 3 fully saturated rings. The van der Waals surface area contributed by atoms with Gasteiger partial charge in [0.1, 0.15) is 5.75 Å². The summed E-state index contributed by atoms with van der Waals surface area (Å²) >= 11 is 0. The van der Waals surface area contributed by atoms with Crippen LogP contribution in [0.3, 0.4) is 0 Å². The summed E-state index contributed by atoms with van der Waals surface area (Å²) in [7, 11) is 0. The van der Waals surface area contributed by atoms with Crippen LogP contribution in [0.25, 0.3) is 11.1 Å². The van der Waals surface area contributed by atoms with Crippen LogP contribution in [0.1, 0.15) is 45.1 Å². The molecule has 6 rings (SSSR count). The molecule has 222 valence electrons. The third-order valence-electron chi connectivity index (χ3n) is 8.65. The van der Waals surface area contributed by atoms with Crippen molar-refractivity contribution in [1.82, 2.24) is 25.3 Å². The summed E-state index contributed by atoms with van der Waals surface area (Å²) in [5.41, 5.74) is 3.39. The Labute approximate surface area is 248 Å². The maximum absolute atomic E-state index is 13.9. The molecule has 0 radical (unpaired) electrons. The van der Waals surface area contributed by atoms with Crippen LogP contribution in [0.4, 0.5) is 5.69 Å². The molecule has 2 aliphatic heterocycles. The fraction of sp³-hybridized carbons (Fsp3) is 0.485. The Bertz CT molecular complexity index is 1360. The van der Waals surface area contributed by atoms with E-state index < -0.39 is 5.60 Å². The number of amides is 2. The number of nitrogens with one attached hydrogen (secondary N) is 2. The highest BCUT2D eigenvalue weighted by atomic mass is 16.5. The lowest BCUT2D eigenvalue weighted by Gasteiger charge is -2.37. The Morgan fingerprint density at radius 1 is 1.02 bits per heavy atom. The van der Waals surface area contributed by atoms with E-state index >= 15 is 0 Å². The number of nitrogens with zero attached hydrogens (tertiary/aromatic N) is 4. The van der Waals surface area contributed by atoms with Crippen LogP contribution in [0.2, 0.25) is 0 Å². The van der Waals surface area contributed by atoms with Crippen molar-refractivity contribution in [2.45, 2.75) is 57.7 Å². The van der Waals surface area contributed by atoms with Gasteiger partial charge in [0.2, 0.25) is 5.91 Å². The van der Waals surface area contributed by atoms with Crippen LogP contribution < -0.4 is 15.0 Å². The number of anilines is 1. The SMILES string of the molecule is CC(C)(Oc1cccc(N2CCC[C@@H](C(=O)N(Cc3ccc(-c4cn[nH]c4)cc3)C3CC3)C2)c1)C(=O)N1CCNCC1. The molecule has 0 bridgehead atoms. The van der Waals surface area contributed by atoms with E-state index in [9.17, 15) is 9.59 Å². The average molecular weight is 571 g/mol. The van der Waals surface area contributed by atoms with E-state index in [1.54, 1.807) is 0 Å². The number of benzene rings is 2. The molecule has 9 nitrogen and oxygen atoms in total. The second kappa shape index (κ2) is 12.2. The first-order valence-electron chi connectivity index (χ1n) is 15.3. The largest absolute Gasteiger partial charge is 0.478 e. The molecule has 2 saturated heterocycles. The Kier molecular flexibility index (Phi) is 8.20. The predicted molar refractivity (Wildman–Crippen MR) is 163 cm³/mol. The molecule has 1 atom stereocenters. The van der Waals surface area contributed by atoms with Crippen LogP contribution in [-0.4, -0.2) is 82.7 Å². The van der Waals surface area contributed by atoms with E-state index in [-0.39, 0.29) is 17.7 Å². The Hall–Kier alpha value is -3.85. The number of hydrogen-bond acceptors (Lipinski definition) is 6. The van der Waals surface area contributed by atoms with E-state index in [0.29, 0.717) is 38.0 Å². The lowest BCUT2D eigenvalue weighted by atomic mass is 9.95. The maximum Gasteiger partial charge on any atom is 0.266 e. The summed E-state index contributed by atoms with van der Waals surface area (Å²) in [6.07, 6.45) is 7.74. The molecule has 3 aromatic rings. The number of piperazine rings is 1. The molecule has 3 heterocycles. The van der Waals surface area contributed by atoms with Gasteiger partial charge in [0, 0.05) is 75.4 Å². The lowest BCUT2D eigenvalue weighted by Crippen LogP contribution is -2.54. The number of carbonyl (C=O) groups is 2. The molecule has 2 aromatic carbocycles. The molecular formula is C33H42N6O3. The number of piperidine rings is 1. The van der Waals surface area contributed by atoms with Crippen molar-refractivity contribution in [1.29, 1.82) is 0 Å². The first-order chi connectivity index (χ1) is 20.4. The van der Waals surface area contributed by atoms with Crippen molar-refractivity contribution in [3.05, 3.63) is 66.5 Å². The van der Waals surface area contributed by atoms with E-state index in [1.165, 1.54) is 0 Å². The van der Waals surface area contributed by atoms with Gasteiger partial charge in [0.25, 0.3) is 5.91 Å². The van der Waals surface area contributed by atoms with Gasteiger partial charge < -0.3 is 24.8 Å². The number of rotatable bonds is 9. The van der Waals surface area contributed by atoms with Gasteiger partial charge in [0.15, 0.2) is 5.60 Å². The van der Waals surface area contributed by atoms with Gasteiger partial charge in [0.05, 0.1) is 12.1 Å². The van der Waals surface area contributed by atoms with E-state index in [0.717, 1.165) is 67.7 Å². The zero-order valence-corrected chi connectivity index (χ0v) is 24.7. The smallest absolute Gasteiger partial charge is 0.266 e. The third-order valence-corrected chi connectivity index (χ3v) is 8.65. The van der Waals surface area contributed by atoms with Crippen molar-refractivity contribution in [2.24, 2.45) is 5.92 Å². The van der Waals surface area contributed by atoms with Gasteiger partial charge >= 0.3 is 0 Å². The summed E-state index contributed by atoms with van der Waals surface area (Å²) in [4.78, 5) is 33.4. The second-order valence-corrected chi connectivity index (χ2v) is 12.3. The quantitative estimate of drug-likeness (QED) is 0.403. The second-order valence-electron chi connectivity index (χ2n) is 12.3. The molecule has 1 aliphatic carbocycles. The molecule has 0 spiro atoms. The zero-order valence-electron chi connectivity index (χ0n) is 24.7. The molecule has 42 heavy (non-hydrogen) atoms. The number of hydrogen-bond donors (Lipinski definition) is 2.